The lowest BCUT2D eigenvalue weighted by Crippen LogP contribution is -2.38. The SMILES string of the molecule is CC(O)CC(C)(C)CNC(=O)Nc1ccccc1Cc1ccccc1. The normalized spacial score (nSPS) is 12.5. The molecule has 0 saturated heterocycles. The molecule has 1 unspecified atom stereocenters. The minimum Gasteiger partial charge on any atom is -0.393 e. The topological polar surface area (TPSA) is 61.4 Å². The van der Waals surface area contributed by atoms with Crippen molar-refractivity contribution in [1.29, 1.82) is 0 Å². The van der Waals surface area contributed by atoms with Crippen molar-refractivity contribution >= 4 is 11.7 Å². The van der Waals surface area contributed by atoms with Crippen molar-refractivity contribution in [1.82, 2.24) is 5.32 Å². The highest BCUT2D eigenvalue weighted by Crippen LogP contribution is 2.22. The van der Waals surface area contributed by atoms with E-state index in [0.717, 1.165) is 17.7 Å². The number of aliphatic hydroxyl groups excluding tert-OH is 1. The summed E-state index contributed by atoms with van der Waals surface area (Å²) < 4.78 is 0. The van der Waals surface area contributed by atoms with Crippen LogP contribution in [-0.2, 0) is 6.42 Å². The molecular weight excluding hydrogens is 312 g/mol. The molecule has 0 fully saturated rings. The van der Waals surface area contributed by atoms with Gasteiger partial charge >= 0.3 is 6.03 Å². The Kier molecular flexibility index (Phi) is 6.59. The number of anilines is 1. The average Bonchev–Trinajstić information content (AvgIpc) is 2.55. The fourth-order valence-electron chi connectivity index (χ4n) is 2.97. The number of amides is 2. The van der Waals surface area contributed by atoms with Crippen LogP contribution in [0.5, 0.6) is 0 Å². The summed E-state index contributed by atoms with van der Waals surface area (Å²) in [4.78, 5) is 12.3. The first-order chi connectivity index (χ1) is 11.9. The van der Waals surface area contributed by atoms with Crippen molar-refractivity contribution in [3.05, 3.63) is 65.7 Å². The maximum Gasteiger partial charge on any atom is 0.319 e. The monoisotopic (exact) mass is 340 g/mol. The Morgan fingerprint density at radius 3 is 2.40 bits per heavy atom. The Morgan fingerprint density at radius 2 is 1.72 bits per heavy atom. The molecule has 0 saturated carbocycles. The summed E-state index contributed by atoms with van der Waals surface area (Å²) >= 11 is 0. The van der Waals surface area contributed by atoms with Crippen LogP contribution in [0.4, 0.5) is 10.5 Å². The molecule has 0 aliphatic rings. The van der Waals surface area contributed by atoms with Crippen LogP contribution in [0.2, 0.25) is 0 Å². The van der Waals surface area contributed by atoms with E-state index in [-0.39, 0.29) is 17.6 Å². The standard InChI is InChI=1S/C21H28N2O2/c1-16(24)14-21(2,3)15-22-20(25)23-19-12-8-7-11-18(19)13-17-9-5-4-6-10-17/h4-12,16,24H,13-15H2,1-3H3,(H2,22,23,25). The molecule has 1 atom stereocenters. The fraction of sp³-hybridized carbons (Fsp3) is 0.381. The van der Waals surface area contributed by atoms with Crippen molar-refractivity contribution in [2.45, 2.75) is 39.7 Å². The first-order valence-corrected chi connectivity index (χ1v) is 8.70. The smallest absolute Gasteiger partial charge is 0.319 e. The molecule has 4 nitrogen and oxygen atoms in total. The molecule has 134 valence electrons. The summed E-state index contributed by atoms with van der Waals surface area (Å²) in [5, 5.41) is 15.4. The fourth-order valence-corrected chi connectivity index (χ4v) is 2.97. The third-order valence-electron chi connectivity index (χ3n) is 4.08. The molecule has 4 heteroatoms. The lowest BCUT2D eigenvalue weighted by molar-refractivity contribution is 0.129. The van der Waals surface area contributed by atoms with Gasteiger partial charge in [0.2, 0.25) is 0 Å². The van der Waals surface area contributed by atoms with Crippen LogP contribution in [0.3, 0.4) is 0 Å². The van der Waals surface area contributed by atoms with Crippen LogP contribution in [-0.4, -0.2) is 23.8 Å². The number of benzene rings is 2. The number of para-hydroxylation sites is 1. The minimum atomic E-state index is -0.383. The molecule has 0 heterocycles. The largest absolute Gasteiger partial charge is 0.393 e. The Bertz CT molecular complexity index is 681. The van der Waals surface area contributed by atoms with E-state index in [1.807, 2.05) is 56.3 Å². The Hall–Kier alpha value is -2.33. The van der Waals surface area contributed by atoms with E-state index in [9.17, 15) is 9.90 Å². The van der Waals surface area contributed by atoms with Gasteiger partial charge < -0.3 is 15.7 Å². The van der Waals surface area contributed by atoms with Gasteiger partial charge in [-0.1, -0.05) is 62.4 Å². The molecular formula is C21H28N2O2. The van der Waals surface area contributed by atoms with Gasteiger partial charge in [0.05, 0.1) is 6.10 Å². The zero-order chi connectivity index (χ0) is 18.3. The molecule has 2 aromatic rings. The quantitative estimate of drug-likeness (QED) is 0.707. The van der Waals surface area contributed by atoms with Crippen molar-refractivity contribution in [2.75, 3.05) is 11.9 Å². The molecule has 0 aliphatic heterocycles. The van der Waals surface area contributed by atoms with E-state index >= 15 is 0 Å². The van der Waals surface area contributed by atoms with Gasteiger partial charge in [0.15, 0.2) is 0 Å². The summed E-state index contributed by atoms with van der Waals surface area (Å²) in [6, 6.07) is 17.8. The van der Waals surface area contributed by atoms with Gasteiger partial charge in [0.1, 0.15) is 0 Å². The number of hydrogen-bond donors (Lipinski definition) is 3. The van der Waals surface area contributed by atoms with Crippen LogP contribution in [0.25, 0.3) is 0 Å². The van der Waals surface area contributed by atoms with Gasteiger partial charge in [-0.2, -0.15) is 0 Å². The molecule has 0 spiro atoms. The second kappa shape index (κ2) is 8.67. The molecule has 2 rings (SSSR count). The minimum absolute atomic E-state index is 0.158. The van der Waals surface area contributed by atoms with Gasteiger partial charge in [-0.05, 0) is 42.4 Å². The first-order valence-electron chi connectivity index (χ1n) is 8.70. The third kappa shape index (κ3) is 6.59. The second-order valence-corrected chi connectivity index (χ2v) is 7.34. The van der Waals surface area contributed by atoms with E-state index < -0.39 is 0 Å². The van der Waals surface area contributed by atoms with E-state index in [0.29, 0.717) is 13.0 Å². The molecule has 2 amide bonds. The third-order valence-corrected chi connectivity index (χ3v) is 4.08. The van der Waals surface area contributed by atoms with E-state index in [2.05, 4.69) is 22.8 Å². The summed E-state index contributed by atoms with van der Waals surface area (Å²) in [6.45, 7) is 6.33. The van der Waals surface area contributed by atoms with Crippen LogP contribution in [0, 0.1) is 5.41 Å². The highest BCUT2D eigenvalue weighted by atomic mass is 16.3. The number of hydrogen-bond acceptors (Lipinski definition) is 2. The Balaban J connectivity index is 1.97. The molecule has 3 N–H and O–H groups in total. The zero-order valence-electron chi connectivity index (χ0n) is 15.3. The van der Waals surface area contributed by atoms with Gasteiger partial charge in [0, 0.05) is 12.2 Å². The van der Waals surface area contributed by atoms with Crippen molar-refractivity contribution in [3.8, 4) is 0 Å². The maximum atomic E-state index is 12.3. The van der Waals surface area contributed by atoms with E-state index in [1.54, 1.807) is 6.92 Å². The summed E-state index contributed by atoms with van der Waals surface area (Å²) in [7, 11) is 0. The maximum absolute atomic E-state index is 12.3. The van der Waals surface area contributed by atoms with Crippen LogP contribution < -0.4 is 10.6 Å². The predicted molar refractivity (Wildman–Crippen MR) is 103 cm³/mol. The molecule has 25 heavy (non-hydrogen) atoms. The molecule has 0 bridgehead atoms. The van der Waals surface area contributed by atoms with Crippen molar-refractivity contribution < 1.29 is 9.90 Å². The van der Waals surface area contributed by atoms with Gasteiger partial charge in [-0.15, -0.1) is 0 Å². The highest BCUT2D eigenvalue weighted by molar-refractivity contribution is 5.90. The van der Waals surface area contributed by atoms with Gasteiger partial charge in [-0.3, -0.25) is 0 Å². The summed E-state index contributed by atoms with van der Waals surface area (Å²) in [6.07, 6.45) is 1.02. The van der Waals surface area contributed by atoms with Crippen LogP contribution in [0.1, 0.15) is 38.3 Å². The molecule has 2 aromatic carbocycles. The van der Waals surface area contributed by atoms with Gasteiger partial charge in [-0.25, -0.2) is 4.79 Å². The number of aliphatic hydroxyl groups is 1. The van der Waals surface area contributed by atoms with Crippen molar-refractivity contribution in [2.24, 2.45) is 5.41 Å². The van der Waals surface area contributed by atoms with Crippen LogP contribution >= 0.6 is 0 Å². The van der Waals surface area contributed by atoms with E-state index in [4.69, 9.17) is 0 Å². The van der Waals surface area contributed by atoms with E-state index in [1.165, 1.54) is 5.56 Å². The number of rotatable bonds is 7. The predicted octanol–water partition coefficient (Wildman–Crippen LogP) is 4.20. The number of nitrogens with one attached hydrogen (secondary N) is 2. The Labute approximate surface area is 150 Å². The first kappa shape index (κ1) is 19.0. The molecule has 0 aliphatic carbocycles. The zero-order valence-corrected chi connectivity index (χ0v) is 15.3. The lowest BCUT2D eigenvalue weighted by atomic mass is 9.87. The van der Waals surface area contributed by atoms with Crippen LogP contribution in [0.15, 0.2) is 54.6 Å². The van der Waals surface area contributed by atoms with Crippen molar-refractivity contribution in [3.63, 3.8) is 0 Å². The highest BCUT2D eigenvalue weighted by Gasteiger charge is 2.21. The summed E-state index contributed by atoms with van der Waals surface area (Å²) in [5.41, 5.74) is 2.94. The molecule has 0 aromatic heterocycles. The average molecular weight is 340 g/mol. The Morgan fingerprint density at radius 1 is 1.08 bits per heavy atom. The number of carbonyl (C=O) groups excluding carboxylic acids is 1. The number of urea groups is 1. The number of carbonyl (C=O) groups is 1. The lowest BCUT2D eigenvalue weighted by Gasteiger charge is -2.26. The second-order valence-electron chi connectivity index (χ2n) is 7.34. The molecule has 0 radical (unpaired) electrons. The van der Waals surface area contributed by atoms with Gasteiger partial charge in [0.25, 0.3) is 0 Å². The summed E-state index contributed by atoms with van der Waals surface area (Å²) in [5.74, 6) is 0.